The molecule has 10 nitrogen and oxygen atoms in total. The molecule has 2 aromatic heterocycles. The second-order valence-corrected chi connectivity index (χ2v) is 8.90. The highest BCUT2D eigenvalue weighted by Crippen LogP contribution is 2.25. The van der Waals surface area contributed by atoms with Gasteiger partial charge in [-0.25, -0.2) is 9.78 Å². The number of nitrogens with one attached hydrogen (secondary N) is 2. The zero-order chi connectivity index (χ0) is 23.2. The smallest absolute Gasteiger partial charge is 0.317 e. The monoisotopic (exact) mass is 455 g/mol. The van der Waals surface area contributed by atoms with Gasteiger partial charge in [-0.2, -0.15) is 0 Å². The molecule has 2 aromatic rings. The van der Waals surface area contributed by atoms with Crippen molar-refractivity contribution in [3.05, 3.63) is 42.2 Å². The molecule has 0 bridgehead atoms. The number of carbonyl (C=O) groups excluding carboxylic acids is 2. The van der Waals surface area contributed by atoms with Crippen molar-refractivity contribution in [3.63, 3.8) is 0 Å². The van der Waals surface area contributed by atoms with Crippen molar-refractivity contribution >= 4 is 11.9 Å². The van der Waals surface area contributed by atoms with Crippen LogP contribution in [0.5, 0.6) is 5.75 Å². The highest BCUT2D eigenvalue weighted by atomic mass is 16.5. The number of pyridine rings is 1. The first-order valence-electron chi connectivity index (χ1n) is 11.5. The summed E-state index contributed by atoms with van der Waals surface area (Å²) >= 11 is 0. The number of piperidine rings is 1. The minimum Gasteiger partial charge on any atom is -0.492 e. The highest BCUT2D eigenvalue weighted by molar-refractivity contribution is 5.79. The number of aromatic nitrogens is 3. The molecule has 0 aliphatic carbocycles. The zero-order valence-corrected chi connectivity index (χ0v) is 19.4. The standard InChI is InChI=1S/C23H33N7O3/c1-17-3-4-20(12-27-17)33-16-18-11-19(14-29(13-18)15-21-24-5-8-28(21)2)22(31)25-6-9-30-10-7-26-23(30)32/h3-5,8,12,18-19H,6-7,9-11,13-16H2,1-2H3,(H,25,31)(H,26,32)/t18-,19+/m0/s1. The van der Waals surface area contributed by atoms with E-state index in [9.17, 15) is 9.59 Å². The molecule has 0 unspecified atom stereocenters. The predicted molar refractivity (Wildman–Crippen MR) is 123 cm³/mol. The van der Waals surface area contributed by atoms with Crippen molar-refractivity contribution in [1.82, 2.24) is 35.0 Å². The number of ether oxygens (including phenoxy) is 1. The maximum Gasteiger partial charge on any atom is 0.317 e. The Morgan fingerprint density at radius 2 is 2.18 bits per heavy atom. The van der Waals surface area contributed by atoms with Crippen molar-refractivity contribution in [2.45, 2.75) is 19.9 Å². The molecule has 33 heavy (non-hydrogen) atoms. The first kappa shape index (κ1) is 23.0. The van der Waals surface area contributed by atoms with Crippen molar-refractivity contribution in [2.75, 3.05) is 45.9 Å². The summed E-state index contributed by atoms with van der Waals surface area (Å²) in [6.07, 6.45) is 6.22. The maximum atomic E-state index is 13.0. The Kier molecular flexibility index (Phi) is 7.43. The highest BCUT2D eigenvalue weighted by Gasteiger charge is 2.32. The lowest BCUT2D eigenvalue weighted by atomic mass is 9.89. The van der Waals surface area contributed by atoms with Gasteiger partial charge in [-0.05, 0) is 25.5 Å². The topological polar surface area (TPSA) is 105 Å². The summed E-state index contributed by atoms with van der Waals surface area (Å²) in [5.74, 6) is 1.81. The third kappa shape index (κ3) is 6.22. The number of aryl methyl sites for hydroxylation is 2. The van der Waals surface area contributed by atoms with Crippen LogP contribution in [0, 0.1) is 18.8 Å². The zero-order valence-electron chi connectivity index (χ0n) is 19.4. The van der Waals surface area contributed by atoms with Crippen molar-refractivity contribution in [3.8, 4) is 5.75 Å². The molecule has 2 atom stereocenters. The fourth-order valence-corrected chi connectivity index (χ4v) is 4.43. The quantitative estimate of drug-likeness (QED) is 0.579. The van der Waals surface area contributed by atoms with Gasteiger partial charge >= 0.3 is 6.03 Å². The van der Waals surface area contributed by atoms with Crippen LogP contribution in [-0.2, 0) is 18.4 Å². The molecule has 0 radical (unpaired) electrons. The van der Waals surface area contributed by atoms with Crippen LogP contribution in [0.4, 0.5) is 4.79 Å². The van der Waals surface area contributed by atoms with Crippen molar-refractivity contribution in [2.24, 2.45) is 18.9 Å². The summed E-state index contributed by atoms with van der Waals surface area (Å²) in [5, 5.41) is 5.81. The summed E-state index contributed by atoms with van der Waals surface area (Å²) in [6.45, 7) is 6.99. The van der Waals surface area contributed by atoms with E-state index in [-0.39, 0.29) is 23.8 Å². The third-order valence-corrected chi connectivity index (χ3v) is 6.27. The Morgan fingerprint density at radius 3 is 2.88 bits per heavy atom. The number of hydrogen-bond donors (Lipinski definition) is 2. The van der Waals surface area contributed by atoms with E-state index in [1.165, 1.54) is 0 Å². The fraction of sp³-hybridized carbons (Fsp3) is 0.565. The van der Waals surface area contributed by atoms with Crippen LogP contribution >= 0.6 is 0 Å². The van der Waals surface area contributed by atoms with Crippen LogP contribution in [-0.4, -0.2) is 82.1 Å². The molecule has 4 rings (SSSR count). The predicted octanol–water partition coefficient (Wildman–Crippen LogP) is 0.782. The van der Waals surface area contributed by atoms with Crippen molar-refractivity contribution in [1.29, 1.82) is 0 Å². The summed E-state index contributed by atoms with van der Waals surface area (Å²) in [5.41, 5.74) is 0.949. The number of rotatable bonds is 9. The summed E-state index contributed by atoms with van der Waals surface area (Å²) in [7, 11) is 1.98. The van der Waals surface area contributed by atoms with Gasteiger partial charge in [0.2, 0.25) is 5.91 Å². The van der Waals surface area contributed by atoms with E-state index >= 15 is 0 Å². The lowest BCUT2D eigenvalue weighted by Crippen LogP contribution is -2.48. The molecule has 2 aliphatic heterocycles. The maximum absolute atomic E-state index is 13.0. The fourth-order valence-electron chi connectivity index (χ4n) is 4.43. The summed E-state index contributed by atoms with van der Waals surface area (Å²) in [6, 6.07) is 3.79. The van der Waals surface area contributed by atoms with E-state index in [1.807, 2.05) is 36.9 Å². The molecule has 2 N–H and O–H groups in total. The van der Waals surface area contributed by atoms with Crippen LogP contribution in [0.25, 0.3) is 0 Å². The molecule has 178 valence electrons. The van der Waals surface area contributed by atoms with Gasteiger partial charge < -0.3 is 24.8 Å². The Hall–Kier alpha value is -3.14. The summed E-state index contributed by atoms with van der Waals surface area (Å²) in [4.78, 5) is 37.4. The van der Waals surface area contributed by atoms with Gasteiger partial charge in [0, 0.05) is 70.3 Å². The van der Waals surface area contributed by atoms with Crippen LogP contribution in [0.15, 0.2) is 30.7 Å². The normalized spacial score (nSPS) is 21.2. The van der Waals surface area contributed by atoms with E-state index in [1.54, 1.807) is 17.3 Å². The minimum absolute atomic E-state index is 0.0288. The van der Waals surface area contributed by atoms with Gasteiger partial charge in [-0.15, -0.1) is 0 Å². The molecule has 10 heteroatoms. The second-order valence-electron chi connectivity index (χ2n) is 8.90. The molecule has 2 aliphatic rings. The number of nitrogens with zero attached hydrogens (tertiary/aromatic N) is 5. The number of amides is 3. The molecule has 0 saturated carbocycles. The summed E-state index contributed by atoms with van der Waals surface area (Å²) < 4.78 is 8.01. The van der Waals surface area contributed by atoms with E-state index in [0.717, 1.165) is 30.2 Å². The molecular weight excluding hydrogens is 422 g/mol. The van der Waals surface area contributed by atoms with Gasteiger partial charge in [0.15, 0.2) is 0 Å². The first-order valence-corrected chi connectivity index (χ1v) is 11.5. The van der Waals surface area contributed by atoms with E-state index < -0.39 is 0 Å². The number of urea groups is 1. The molecular formula is C23H33N7O3. The minimum atomic E-state index is -0.142. The Balaban J connectivity index is 1.35. The van der Waals surface area contributed by atoms with Gasteiger partial charge in [0.25, 0.3) is 0 Å². The van der Waals surface area contributed by atoms with E-state index in [4.69, 9.17) is 4.74 Å². The van der Waals surface area contributed by atoms with E-state index in [0.29, 0.717) is 45.9 Å². The van der Waals surface area contributed by atoms with Gasteiger partial charge in [-0.1, -0.05) is 0 Å². The number of hydrogen-bond acceptors (Lipinski definition) is 6. The van der Waals surface area contributed by atoms with E-state index in [2.05, 4.69) is 25.5 Å². The molecule has 4 heterocycles. The average molecular weight is 456 g/mol. The molecule has 2 saturated heterocycles. The van der Waals surface area contributed by atoms with Gasteiger partial charge in [0.05, 0.1) is 25.3 Å². The largest absolute Gasteiger partial charge is 0.492 e. The first-order chi connectivity index (χ1) is 16.0. The van der Waals surface area contributed by atoms with Gasteiger partial charge in [-0.3, -0.25) is 14.7 Å². The molecule has 2 fully saturated rings. The lowest BCUT2D eigenvalue weighted by molar-refractivity contribution is -0.127. The average Bonchev–Trinajstić information content (AvgIpc) is 3.41. The number of imidazole rings is 1. The Bertz CT molecular complexity index is 946. The van der Waals surface area contributed by atoms with Gasteiger partial charge in [0.1, 0.15) is 11.6 Å². The van der Waals surface area contributed by atoms with Crippen molar-refractivity contribution < 1.29 is 14.3 Å². The van der Waals surface area contributed by atoms with Crippen LogP contribution < -0.4 is 15.4 Å². The molecule has 0 aromatic carbocycles. The second kappa shape index (κ2) is 10.7. The molecule has 0 spiro atoms. The Morgan fingerprint density at radius 1 is 1.30 bits per heavy atom. The number of likely N-dealkylation sites (tertiary alicyclic amines) is 1. The Labute approximate surface area is 194 Å². The van der Waals surface area contributed by atoms with Crippen LogP contribution in [0.3, 0.4) is 0 Å². The van der Waals surface area contributed by atoms with Crippen LogP contribution in [0.2, 0.25) is 0 Å². The lowest BCUT2D eigenvalue weighted by Gasteiger charge is -2.37. The molecule has 3 amide bonds. The third-order valence-electron chi connectivity index (χ3n) is 6.27. The SMILES string of the molecule is Cc1ccc(OC[C@H]2C[C@@H](C(=O)NCCN3CCNC3=O)CN(Cc3nccn3C)C2)cn1. The van der Waals surface area contributed by atoms with Crippen LogP contribution in [0.1, 0.15) is 17.9 Å². The number of carbonyl (C=O) groups is 2.